The maximum Gasteiger partial charge on any atom is 0.430 e. The lowest BCUT2D eigenvalue weighted by molar-refractivity contribution is -0.376. The fourth-order valence-corrected chi connectivity index (χ4v) is 3.81. The third-order valence-corrected chi connectivity index (χ3v) is 6.23. The molecule has 1 aromatic carbocycles. The van der Waals surface area contributed by atoms with Crippen LogP contribution in [-0.2, 0) is 16.8 Å². The molecular formula is C23H30F6N2O4. The van der Waals surface area contributed by atoms with Crippen LogP contribution < -0.4 is 4.74 Å². The highest BCUT2D eigenvalue weighted by atomic mass is 19.4. The minimum atomic E-state index is -5.96. The molecule has 0 aliphatic carbocycles. The van der Waals surface area contributed by atoms with Crippen molar-refractivity contribution in [3.63, 3.8) is 0 Å². The average Bonchev–Trinajstić information content (AvgIpc) is 2.89. The normalized spacial score (nSPS) is 16.9. The number of carbonyl (C=O) groups excluding carboxylic acids is 2. The van der Waals surface area contributed by atoms with Gasteiger partial charge in [-0.05, 0) is 57.2 Å². The Labute approximate surface area is 199 Å². The Kier molecular flexibility index (Phi) is 8.41. The van der Waals surface area contributed by atoms with Gasteiger partial charge in [-0.1, -0.05) is 19.4 Å². The standard InChI is InChI=1S/C23H30F6N2O4/c1-5-9-15-14-16(21(34,22(24,25)26)23(27,28)29)10-11-17(15)35-13-8-6-7-12-31-18(32)20(2,3)30(4)19(31)33/h10-11,14,34H,5-9,12-13H2,1-4H3. The molecule has 0 aromatic heterocycles. The van der Waals surface area contributed by atoms with Crippen LogP contribution in [0.2, 0.25) is 0 Å². The quantitative estimate of drug-likeness (QED) is 0.267. The molecule has 0 atom stereocenters. The fourth-order valence-electron chi connectivity index (χ4n) is 3.81. The molecule has 198 valence electrons. The van der Waals surface area contributed by atoms with Crippen molar-refractivity contribution in [2.45, 2.75) is 76.4 Å². The number of unbranched alkanes of at least 4 members (excludes halogenated alkanes) is 2. The number of urea groups is 1. The molecule has 1 heterocycles. The third-order valence-electron chi connectivity index (χ3n) is 6.23. The Morgan fingerprint density at radius 3 is 2.09 bits per heavy atom. The van der Waals surface area contributed by atoms with Gasteiger partial charge in [0.1, 0.15) is 11.3 Å². The van der Waals surface area contributed by atoms with E-state index in [2.05, 4.69) is 0 Å². The summed E-state index contributed by atoms with van der Waals surface area (Å²) in [5.74, 6) is -0.154. The number of aryl methyl sites for hydroxylation is 1. The van der Waals surface area contributed by atoms with Gasteiger partial charge in [0.25, 0.3) is 11.5 Å². The molecule has 35 heavy (non-hydrogen) atoms. The molecular weight excluding hydrogens is 482 g/mol. The van der Waals surface area contributed by atoms with E-state index in [0.29, 0.717) is 37.8 Å². The zero-order valence-electron chi connectivity index (χ0n) is 20.0. The van der Waals surface area contributed by atoms with E-state index in [1.54, 1.807) is 27.8 Å². The van der Waals surface area contributed by atoms with E-state index >= 15 is 0 Å². The predicted octanol–water partition coefficient (Wildman–Crippen LogP) is 5.17. The average molecular weight is 512 g/mol. The highest BCUT2D eigenvalue weighted by molar-refractivity contribution is 6.06. The Morgan fingerprint density at radius 1 is 1.00 bits per heavy atom. The van der Waals surface area contributed by atoms with Crippen molar-refractivity contribution in [1.29, 1.82) is 0 Å². The summed E-state index contributed by atoms with van der Waals surface area (Å²) in [5, 5.41) is 9.64. The summed E-state index contributed by atoms with van der Waals surface area (Å²) in [7, 11) is 1.55. The molecule has 1 aliphatic rings. The number of aliphatic hydroxyl groups is 1. The molecule has 1 aromatic rings. The van der Waals surface area contributed by atoms with Crippen LogP contribution >= 0.6 is 0 Å². The zero-order valence-corrected chi connectivity index (χ0v) is 20.0. The second kappa shape index (κ2) is 10.2. The number of imide groups is 1. The van der Waals surface area contributed by atoms with E-state index in [1.165, 1.54) is 9.80 Å². The molecule has 0 radical (unpaired) electrons. The minimum Gasteiger partial charge on any atom is -0.493 e. The number of rotatable bonds is 10. The van der Waals surface area contributed by atoms with Gasteiger partial charge in [-0.3, -0.25) is 9.69 Å². The lowest BCUT2D eigenvalue weighted by Crippen LogP contribution is -2.53. The highest BCUT2D eigenvalue weighted by Crippen LogP contribution is 2.50. The second-order valence-electron chi connectivity index (χ2n) is 9.04. The van der Waals surface area contributed by atoms with Gasteiger partial charge >= 0.3 is 18.4 Å². The highest BCUT2D eigenvalue weighted by Gasteiger charge is 2.71. The fraction of sp³-hybridized carbons (Fsp3) is 0.652. The van der Waals surface area contributed by atoms with E-state index in [0.717, 1.165) is 6.07 Å². The summed E-state index contributed by atoms with van der Waals surface area (Å²) in [4.78, 5) is 27.1. The summed E-state index contributed by atoms with van der Waals surface area (Å²) in [5.41, 5.74) is -7.10. The first-order valence-corrected chi connectivity index (χ1v) is 11.2. The largest absolute Gasteiger partial charge is 0.493 e. The SMILES string of the molecule is CCCc1cc(C(O)(C(F)(F)F)C(F)(F)F)ccc1OCCCCCN1C(=O)N(C)C(C)(C)C1=O. The smallest absolute Gasteiger partial charge is 0.430 e. The zero-order chi connectivity index (χ0) is 26.8. The minimum absolute atomic E-state index is 0.121. The van der Waals surface area contributed by atoms with E-state index in [9.17, 15) is 41.0 Å². The van der Waals surface area contributed by atoms with Gasteiger partial charge in [-0.15, -0.1) is 0 Å². The molecule has 1 aliphatic heterocycles. The predicted molar refractivity (Wildman–Crippen MR) is 115 cm³/mol. The van der Waals surface area contributed by atoms with Crippen molar-refractivity contribution < 1.29 is 45.8 Å². The third kappa shape index (κ3) is 5.52. The first kappa shape index (κ1) is 28.7. The Bertz CT molecular complexity index is 916. The number of benzene rings is 1. The van der Waals surface area contributed by atoms with Gasteiger partial charge in [-0.2, -0.15) is 26.3 Å². The molecule has 1 fully saturated rings. The molecule has 2 rings (SSSR count). The lowest BCUT2D eigenvalue weighted by atomic mass is 9.90. The molecule has 6 nitrogen and oxygen atoms in total. The van der Waals surface area contributed by atoms with E-state index in [1.807, 2.05) is 0 Å². The Morgan fingerprint density at radius 2 is 1.60 bits per heavy atom. The van der Waals surface area contributed by atoms with Crippen molar-refractivity contribution in [2.75, 3.05) is 20.2 Å². The molecule has 1 saturated heterocycles. The molecule has 0 bridgehead atoms. The van der Waals surface area contributed by atoms with Crippen LogP contribution in [0.15, 0.2) is 18.2 Å². The topological polar surface area (TPSA) is 70.1 Å². The summed E-state index contributed by atoms with van der Waals surface area (Å²) < 4.78 is 84.8. The van der Waals surface area contributed by atoms with Gasteiger partial charge < -0.3 is 14.7 Å². The van der Waals surface area contributed by atoms with Crippen molar-refractivity contribution in [3.8, 4) is 5.75 Å². The summed E-state index contributed by atoms with van der Waals surface area (Å²) in [6, 6.07) is 1.88. The first-order chi connectivity index (χ1) is 16.0. The first-order valence-electron chi connectivity index (χ1n) is 11.2. The number of likely N-dealkylation sites (N-methyl/N-ethyl adjacent to an activating group) is 1. The van der Waals surface area contributed by atoms with Gasteiger partial charge in [0.15, 0.2) is 0 Å². The summed E-state index contributed by atoms with van der Waals surface area (Å²) in [6.45, 7) is 5.38. The second-order valence-corrected chi connectivity index (χ2v) is 9.04. The van der Waals surface area contributed by atoms with Gasteiger partial charge in [-0.25, -0.2) is 4.79 Å². The Balaban J connectivity index is 2.01. The van der Waals surface area contributed by atoms with Crippen LogP contribution in [0.4, 0.5) is 31.1 Å². The molecule has 0 unspecified atom stereocenters. The van der Waals surface area contributed by atoms with E-state index < -0.39 is 29.1 Å². The maximum absolute atomic E-state index is 13.2. The molecule has 1 N–H and O–H groups in total. The number of ether oxygens (including phenoxy) is 1. The molecule has 0 saturated carbocycles. The molecule has 12 heteroatoms. The van der Waals surface area contributed by atoms with Crippen molar-refractivity contribution in [3.05, 3.63) is 29.3 Å². The van der Waals surface area contributed by atoms with Crippen LogP contribution in [0.1, 0.15) is 57.6 Å². The maximum atomic E-state index is 13.2. The number of halogens is 6. The number of hydrogen-bond donors (Lipinski definition) is 1. The van der Waals surface area contributed by atoms with Crippen molar-refractivity contribution in [1.82, 2.24) is 9.80 Å². The summed E-state index contributed by atoms with van der Waals surface area (Å²) >= 11 is 0. The van der Waals surface area contributed by atoms with Gasteiger partial charge in [0.2, 0.25) is 0 Å². The van der Waals surface area contributed by atoms with Crippen LogP contribution in [-0.4, -0.2) is 64.9 Å². The lowest BCUT2D eigenvalue weighted by Gasteiger charge is -2.33. The van der Waals surface area contributed by atoms with Crippen LogP contribution in [0.3, 0.4) is 0 Å². The van der Waals surface area contributed by atoms with Crippen LogP contribution in [0, 0.1) is 0 Å². The van der Waals surface area contributed by atoms with E-state index in [4.69, 9.17) is 4.74 Å². The van der Waals surface area contributed by atoms with Crippen molar-refractivity contribution >= 4 is 11.9 Å². The van der Waals surface area contributed by atoms with Gasteiger partial charge in [0.05, 0.1) is 6.61 Å². The number of alkyl halides is 6. The van der Waals surface area contributed by atoms with Crippen molar-refractivity contribution in [2.24, 2.45) is 0 Å². The number of hydrogen-bond acceptors (Lipinski definition) is 4. The van der Waals surface area contributed by atoms with Crippen LogP contribution in [0.25, 0.3) is 0 Å². The number of carbonyl (C=O) groups is 2. The molecule has 3 amide bonds. The Hall–Kier alpha value is -2.50. The van der Waals surface area contributed by atoms with Crippen LogP contribution in [0.5, 0.6) is 5.75 Å². The number of amides is 3. The summed E-state index contributed by atoms with van der Waals surface area (Å²) in [6.07, 6.45) is -9.77. The number of nitrogens with zero attached hydrogens (tertiary/aromatic N) is 2. The van der Waals surface area contributed by atoms with E-state index in [-0.39, 0.29) is 42.8 Å². The molecule has 0 spiro atoms. The monoisotopic (exact) mass is 512 g/mol. The van der Waals surface area contributed by atoms with Gasteiger partial charge in [0, 0.05) is 19.2 Å².